The number of carbonyl (C=O) groups excluding carboxylic acids is 4. The fourth-order valence-electron chi connectivity index (χ4n) is 10.2. The van der Waals surface area contributed by atoms with Crippen molar-refractivity contribution >= 4 is 23.4 Å². The number of hydrogen-bond acceptors (Lipinski definition) is 12. The summed E-state index contributed by atoms with van der Waals surface area (Å²) in [5.74, 6) is -6.81. The Hall–Kier alpha value is -3.30. The molecule has 15 atom stereocenters. The Labute approximate surface area is 388 Å². The van der Waals surface area contributed by atoms with Crippen LogP contribution < -0.4 is 0 Å². The van der Waals surface area contributed by atoms with E-state index >= 15 is 0 Å². The standard InChI is InChI=1S/C52H81NO12/c1-31-17-13-12-14-18-32(2)44(61-9)29-40-22-20-37(7)52(60,65-40)49(57)50(58)53-24-16-15-19-41(53)51(59)64-45(35(5)27-39-21-23-42(54)46(28-39)62-10)30-43(55)34(4)26-36(6)47(56)48(63-11)38(8)33(3)25-31/h12-14,17-18,26,31,33-35,37,39-42,44-48,54,56,60H,8,15-16,19-25,27-30H2,1-7,9-11H3/b14-12+,17-13+,32-18+,36-26+/t31?,33-,34-,35-,37-,39+,40+,41+,42-,44+,45+,46-,47-,48+,52-/m1/s1. The van der Waals surface area contributed by atoms with Gasteiger partial charge in [0.1, 0.15) is 30.1 Å². The molecular formula is C52H81NO12. The van der Waals surface area contributed by atoms with E-state index in [2.05, 4.69) is 26.5 Å². The van der Waals surface area contributed by atoms with Crippen LogP contribution in [-0.2, 0) is 42.9 Å². The van der Waals surface area contributed by atoms with Crippen molar-refractivity contribution in [2.45, 2.75) is 180 Å². The predicted octanol–water partition coefficient (Wildman–Crippen LogP) is 7.17. The van der Waals surface area contributed by atoms with Gasteiger partial charge in [-0.15, -0.1) is 0 Å². The molecule has 3 heterocycles. The molecule has 13 heteroatoms. The molecule has 13 nitrogen and oxygen atoms in total. The van der Waals surface area contributed by atoms with Crippen LogP contribution in [0.3, 0.4) is 0 Å². The number of rotatable bonds is 6. The minimum atomic E-state index is -2.41. The summed E-state index contributed by atoms with van der Waals surface area (Å²) in [6, 6.07) is -1.12. The maximum absolute atomic E-state index is 14.4. The lowest BCUT2D eigenvalue weighted by Crippen LogP contribution is -2.61. The summed E-state index contributed by atoms with van der Waals surface area (Å²) < 4.78 is 29.7. The van der Waals surface area contributed by atoms with Crippen LogP contribution in [0.5, 0.6) is 0 Å². The molecule has 1 amide bonds. The third-order valence-corrected chi connectivity index (χ3v) is 14.7. The van der Waals surface area contributed by atoms with E-state index < -0.39 is 71.8 Å². The van der Waals surface area contributed by atoms with E-state index in [1.807, 2.05) is 38.2 Å². The molecule has 3 aliphatic heterocycles. The van der Waals surface area contributed by atoms with Crippen LogP contribution in [0.2, 0.25) is 0 Å². The minimum absolute atomic E-state index is 0.00239. The molecule has 2 saturated heterocycles. The summed E-state index contributed by atoms with van der Waals surface area (Å²) in [5.41, 5.74) is 2.20. The second-order valence-corrected chi connectivity index (χ2v) is 19.8. The first-order valence-corrected chi connectivity index (χ1v) is 24.1. The lowest BCUT2D eigenvalue weighted by atomic mass is 9.78. The number of piperidine rings is 1. The van der Waals surface area contributed by atoms with E-state index in [0.29, 0.717) is 56.9 Å². The Kier molecular flexibility index (Phi) is 21.0. The summed E-state index contributed by atoms with van der Waals surface area (Å²) >= 11 is 0. The summed E-state index contributed by atoms with van der Waals surface area (Å²) in [6.45, 7) is 17.7. The molecule has 0 radical (unpaired) electrons. The monoisotopic (exact) mass is 912 g/mol. The van der Waals surface area contributed by atoms with Crippen LogP contribution in [-0.4, -0.2) is 126 Å². The van der Waals surface area contributed by atoms with Crippen LogP contribution >= 0.6 is 0 Å². The normalized spacial score (nSPS) is 40.4. The number of amides is 1. The molecule has 3 N–H and O–H groups in total. The maximum atomic E-state index is 14.4. The van der Waals surface area contributed by atoms with Crippen molar-refractivity contribution in [3.8, 4) is 0 Å². The average Bonchev–Trinajstić information content (AvgIpc) is 3.28. The van der Waals surface area contributed by atoms with Gasteiger partial charge in [-0.1, -0.05) is 77.7 Å². The smallest absolute Gasteiger partial charge is 0.329 e. The summed E-state index contributed by atoms with van der Waals surface area (Å²) in [4.78, 5) is 58.2. The molecule has 1 saturated carbocycles. The number of fused-ring (bicyclic) bond motifs is 3. The number of allylic oxidation sites excluding steroid dienone is 6. The van der Waals surface area contributed by atoms with Crippen molar-refractivity contribution in [3.63, 3.8) is 0 Å². The number of hydrogen-bond donors (Lipinski definition) is 3. The minimum Gasteiger partial charge on any atom is -0.460 e. The Morgan fingerprint density at radius 1 is 0.877 bits per heavy atom. The molecule has 0 aromatic carbocycles. The topological polar surface area (TPSA) is 178 Å². The molecule has 0 spiro atoms. The number of aliphatic hydroxyl groups excluding tert-OH is 2. The van der Waals surface area contributed by atoms with Crippen LogP contribution in [0, 0.1) is 35.5 Å². The van der Waals surface area contributed by atoms with Crippen LogP contribution in [0.25, 0.3) is 0 Å². The molecule has 65 heavy (non-hydrogen) atoms. The van der Waals surface area contributed by atoms with Crippen molar-refractivity contribution in [1.29, 1.82) is 0 Å². The van der Waals surface area contributed by atoms with Gasteiger partial charge in [-0.25, -0.2) is 4.79 Å². The van der Waals surface area contributed by atoms with Crippen molar-refractivity contribution in [3.05, 3.63) is 59.8 Å². The van der Waals surface area contributed by atoms with E-state index in [1.54, 1.807) is 41.1 Å². The summed E-state index contributed by atoms with van der Waals surface area (Å²) in [6.07, 6.45) is 13.0. The quantitative estimate of drug-likeness (QED) is 0.139. The van der Waals surface area contributed by atoms with Crippen molar-refractivity contribution < 1.29 is 58.2 Å². The number of carbonyl (C=O) groups is 4. The second-order valence-electron chi connectivity index (χ2n) is 19.8. The highest BCUT2D eigenvalue weighted by Gasteiger charge is 2.53. The molecule has 3 fully saturated rings. The Morgan fingerprint density at radius 3 is 2.28 bits per heavy atom. The van der Waals surface area contributed by atoms with Gasteiger partial charge in [0, 0.05) is 52.6 Å². The fourth-order valence-corrected chi connectivity index (χ4v) is 10.2. The van der Waals surface area contributed by atoms with E-state index in [-0.39, 0.29) is 61.0 Å². The Morgan fingerprint density at radius 2 is 1.60 bits per heavy atom. The average molecular weight is 912 g/mol. The van der Waals surface area contributed by atoms with E-state index in [9.17, 15) is 34.5 Å². The highest BCUT2D eigenvalue weighted by atomic mass is 16.6. The molecular weight excluding hydrogens is 831 g/mol. The zero-order valence-corrected chi connectivity index (χ0v) is 40.9. The van der Waals surface area contributed by atoms with E-state index in [4.69, 9.17) is 23.7 Å². The number of ether oxygens (including phenoxy) is 5. The third-order valence-electron chi connectivity index (χ3n) is 14.7. The highest BCUT2D eigenvalue weighted by molar-refractivity contribution is 6.39. The first-order valence-electron chi connectivity index (χ1n) is 24.1. The lowest BCUT2D eigenvalue weighted by Gasteiger charge is -2.42. The van der Waals surface area contributed by atoms with E-state index in [0.717, 1.165) is 24.0 Å². The number of ketones is 2. The SMILES string of the molecule is C=C1[C@H](C)CC(C)/C=C/C=C/C=C(\C)[C@@H](OC)C[C@@H]2CC[C@@H](C)[C@@](O)(O2)C(=O)C(=O)N2CCCC[C@H]2C(=O)O[C@H]([C@H](C)C[C@@H]2CC[C@@H](O)[C@H](OC)C2)CC(=O)[C@H](C)/C=C(\C)[C@@H](O)[C@H]1OC. The van der Waals surface area contributed by atoms with Crippen molar-refractivity contribution in [2.24, 2.45) is 35.5 Å². The van der Waals surface area contributed by atoms with Gasteiger partial charge in [0.25, 0.3) is 11.7 Å². The summed E-state index contributed by atoms with van der Waals surface area (Å²) in [5, 5.41) is 34.0. The first-order chi connectivity index (χ1) is 30.7. The van der Waals surface area contributed by atoms with Crippen LogP contribution in [0.1, 0.15) is 126 Å². The molecule has 366 valence electrons. The van der Waals surface area contributed by atoms with E-state index in [1.165, 1.54) is 12.0 Å². The van der Waals surface area contributed by atoms with Gasteiger partial charge in [0.15, 0.2) is 0 Å². The van der Waals surface area contributed by atoms with Gasteiger partial charge < -0.3 is 43.9 Å². The zero-order valence-electron chi connectivity index (χ0n) is 40.9. The summed E-state index contributed by atoms with van der Waals surface area (Å²) in [7, 11) is 4.71. The number of methoxy groups -OCH3 is 3. The van der Waals surface area contributed by atoms with Gasteiger partial charge >= 0.3 is 5.97 Å². The van der Waals surface area contributed by atoms with Crippen molar-refractivity contribution in [1.82, 2.24) is 4.90 Å². The molecule has 1 unspecified atom stereocenters. The number of nitrogens with zero attached hydrogens (tertiary/aromatic N) is 1. The lowest BCUT2D eigenvalue weighted by molar-refractivity contribution is -0.265. The predicted molar refractivity (Wildman–Crippen MR) is 249 cm³/mol. The van der Waals surface area contributed by atoms with Crippen LogP contribution in [0.15, 0.2) is 59.8 Å². The molecule has 4 rings (SSSR count). The third kappa shape index (κ3) is 14.4. The Bertz CT molecular complexity index is 1750. The van der Waals surface area contributed by atoms with Gasteiger partial charge in [-0.2, -0.15) is 0 Å². The maximum Gasteiger partial charge on any atom is 0.329 e. The molecule has 0 aromatic rings. The van der Waals surface area contributed by atoms with Gasteiger partial charge in [0.05, 0.1) is 24.4 Å². The molecule has 4 aliphatic rings. The molecule has 2 bridgehead atoms. The number of Topliss-reactive ketones (excluding diaryl/α,β-unsaturated/α-hetero) is 2. The largest absolute Gasteiger partial charge is 0.460 e. The van der Waals surface area contributed by atoms with Gasteiger partial charge in [-0.3, -0.25) is 14.4 Å². The number of cyclic esters (lactones) is 1. The second kappa shape index (κ2) is 25.2. The number of aliphatic hydroxyl groups is 3. The van der Waals surface area contributed by atoms with Gasteiger partial charge in [0.2, 0.25) is 5.79 Å². The highest BCUT2D eigenvalue weighted by Crippen LogP contribution is 2.38. The van der Waals surface area contributed by atoms with Crippen molar-refractivity contribution in [2.75, 3.05) is 27.9 Å². The fraction of sp³-hybridized carbons (Fsp3) is 0.731. The van der Waals surface area contributed by atoms with Crippen LogP contribution in [0.4, 0.5) is 0 Å². The number of esters is 1. The molecule has 0 aromatic heterocycles. The first kappa shape index (κ1) is 54.3. The Balaban J connectivity index is 1.70. The van der Waals surface area contributed by atoms with Gasteiger partial charge in [-0.05, 0) is 118 Å². The zero-order chi connectivity index (χ0) is 48.2. The molecule has 1 aliphatic carbocycles.